The van der Waals surface area contributed by atoms with E-state index in [2.05, 4.69) is 0 Å². The maximum atomic E-state index is 11.0. The fourth-order valence-electron chi connectivity index (χ4n) is 6.94. The van der Waals surface area contributed by atoms with Crippen molar-refractivity contribution in [2.24, 2.45) is 11.8 Å². The minimum atomic E-state index is -1.70. The minimum Gasteiger partial charge on any atom is -0.394 e. The topological polar surface area (TPSA) is 248 Å². The van der Waals surface area contributed by atoms with E-state index in [9.17, 15) is 51.1 Å². The molecule has 41 heavy (non-hydrogen) atoms. The molecule has 10 N–H and O–H groups in total. The van der Waals surface area contributed by atoms with Crippen molar-refractivity contribution in [1.82, 2.24) is 0 Å². The van der Waals surface area contributed by atoms with E-state index < -0.39 is 111 Å². The molecular weight excluding hydrogens is 552 g/mol. The molecule has 0 radical (unpaired) electrons. The first-order chi connectivity index (χ1) is 19.5. The standard InChI is InChI=1S/C26H44O15/c27-7-18-20(34)21(35)24(41-25-22(36)19(33)15(32)8-37-25)26(40-18)39-17-6-11-13(30)4-10(28)5-16(11)38-23(17)9-1-2-12(29)14(31)3-9/h9-36H,1-8H2/t9?,10?,11?,12?,13?,14?,15-,16?,17?,18-,19+,20+,21+,22-,23?,24-,25+,26-/m1/s1. The summed E-state index contributed by atoms with van der Waals surface area (Å²) in [5, 5.41) is 103. The van der Waals surface area contributed by atoms with E-state index in [1.807, 2.05) is 0 Å². The molecule has 15 heteroatoms. The Morgan fingerprint density at radius 1 is 0.634 bits per heavy atom. The smallest absolute Gasteiger partial charge is 0.187 e. The highest BCUT2D eigenvalue weighted by atomic mass is 16.8. The molecule has 3 saturated heterocycles. The third-order valence-electron chi connectivity index (χ3n) is 9.36. The Labute approximate surface area is 236 Å². The van der Waals surface area contributed by atoms with Gasteiger partial charge in [-0.25, -0.2) is 0 Å². The number of ether oxygens (including phenoxy) is 5. The molecule has 238 valence electrons. The Morgan fingerprint density at radius 3 is 2.10 bits per heavy atom. The number of hydrogen-bond acceptors (Lipinski definition) is 15. The van der Waals surface area contributed by atoms with Crippen molar-refractivity contribution in [2.75, 3.05) is 13.2 Å². The summed E-state index contributed by atoms with van der Waals surface area (Å²) in [6, 6.07) is 0. The summed E-state index contributed by atoms with van der Waals surface area (Å²) in [7, 11) is 0. The van der Waals surface area contributed by atoms with Gasteiger partial charge in [-0.05, 0) is 44.4 Å². The van der Waals surface area contributed by atoms with Gasteiger partial charge in [0.1, 0.15) is 42.7 Å². The normalized spacial score (nSPS) is 54.9. The molecule has 2 aliphatic carbocycles. The molecule has 0 aromatic heterocycles. The fraction of sp³-hybridized carbons (Fsp3) is 1.00. The van der Waals surface area contributed by atoms with Gasteiger partial charge >= 0.3 is 0 Å². The number of rotatable bonds is 6. The summed E-state index contributed by atoms with van der Waals surface area (Å²) in [5.74, 6) is -0.686. The van der Waals surface area contributed by atoms with Crippen LogP contribution in [0.2, 0.25) is 0 Å². The van der Waals surface area contributed by atoms with E-state index in [-0.39, 0.29) is 31.8 Å². The molecule has 5 rings (SSSR count). The van der Waals surface area contributed by atoms with E-state index in [1.54, 1.807) is 0 Å². The lowest BCUT2D eigenvalue weighted by molar-refractivity contribution is -0.371. The van der Waals surface area contributed by atoms with Gasteiger partial charge in [-0.3, -0.25) is 0 Å². The van der Waals surface area contributed by atoms with Gasteiger partial charge in [-0.15, -0.1) is 0 Å². The lowest BCUT2D eigenvalue weighted by atomic mass is 9.72. The Morgan fingerprint density at radius 2 is 1.39 bits per heavy atom. The van der Waals surface area contributed by atoms with Gasteiger partial charge in [0.25, 0.3) is 0 Å². The van der Waals surface area contributed by atoms with Crippen LogP contribution in [0.5, 0.6) is 0 Å². The SMILES string of the molecule is OC[C@H]1O[C@@H](OC2CC3C(O)CC(O)CC3OC2C2CCC(O)C(O)C2)[C@H](O[C@@H]2OC[C@@H](O)[C@H](O)[C@H]2O)[C@@H](O)[C@H]1O. The summed E-state index contributed by atoms with van der Waals surface area (Å²) in [6.07, 6.45) is -17.4. The van der Waals surface area contributed by atoms with Crippen molar-refractivity contribution < 1.29 is 74.7 Å². The summed E-state index contributed by atoms with van der Waals surface area (Å²) in [5.41, 5.74) is 0. The van der Waals surface area contributed by atoms with Crippen molar-refractivity contribution in [2.45, 2.75) is 137 Å². The second-order valence-electron chi connectivity index (χ2n) is 12.2. The maximum absolute atomic E-state index is 11.0. The molecule has 0 amide bonds. The van der Waals surface area contributed by atoms with Crippen LogP contribution in [0.1, 0.15) is 38.5 Å². The quantitative estimate of drug-likeness (QED) is 0.139. The lowest BCUT2D eigenvalue weighted by Crippen LogP contribution is -2.64. The first-order valence-electron chi connectivity index (χ1n) is 14.4. The number of aliphatic hydroxyl groups is 10. The van der Waals surface area contributed by atoms with Crippen LogP contribution < -0.4 is 0 Å². The van der Waals surface area contributed by atoms with Crippen molar-refractivity contribution in [3.05, 3.63) is 0 Å². The van der Waals surface area contributed by atoms with Gasteiger partial charge in [0, 0.05) is 5.92 Å². The van der Waals surface area contributed by atoms with Crippen LogP contribution in [-0.2, 0) is 23.7 Å². The molecule has 9 unspecified atom stereocenters. The van der Waals surface area contributed by atoms with Gasteiger partial charge in [-0.1, -0.05) is 0 Å². The average molecular weight is 597 g/mol. The second-order valence-corrected chi connectivity index (χ2v) is 12.2. The van der Waals surface area contributed by atoms with E-state index in [0.717, 1.165) is 0 Å². The molecule has 0 bridgehead atoms. The molecule has 15 nitrogen and oxygen atoms in total. The Hall–Kier alpha value is -0.600. The summed E-state index contributed by atoms with van der Waals surface area (Å²) in [4.78, 5) is 0. The third-order valence-corrected chi connectivity index (χ3v) is 9.36. The highest BCUT2D eigenvalue weighted by Gasteiger charge is 2.53. The van der Waals surface area contributed by atoms with Crippen LogP contribution >= 0.6 is 0 Å². The monoisotopic (exact) mass is 596 g/mol. The van der Waals surface area contributed by atoms with Gasteiger partial charge in [0.05, 0.1) is 55.9 Å². The highest BCUT2D eigenvalue weighted by molar-refractivity contribution is 4.99. The van der Waals surface area contributed by atoms with Gasteiger partial charge < -0.3 is 74.7 Å². The van der Waals surface area contributed by atoms with E-state index >= 15 is 0 Å². The van der Waals surface area contributed by atoms with Gasteiger partial charge in [0.15, 0.2) is 12.6 Å². The maximum Gasteiger partial charge on any atom is 0.187 e. The molecule has 3 aliphatic heterocycles. The summed E-state index contributed by atoms with van der Waals surface area (Å²) < 4.78 is 29.7. The van der Waals surface area contributed by atoms with Crippen LogP contribution in [0.15, 0.2) is 0 Å². The van der Waals surface area contributed by atoms with Crippen LogP contribution in [0.25, 0.3) is 0 Å². The van der Waals surface area contributed by atoms with Crippen molar-refractivity contribution >= 4 is 0 Å². The predicted octanol–water partition coefficient (Wildman–Crippen LogP) is -4.55. The first-order valence-corrected chi connectivity index (χ1v) is 14.4. The van der Waals surface area contributed by atoms with Crippen molar-refractivity contribution in [1.29, 1.82) is 0 Å². The predicted molar refractivity (Wildman–Crippen MR) is 133 cm³/mol. The second kappa shape index (κ2) is 13.2. The molecule has 5 fully saturated rings. The lowest BCUT2D eigenvalue weighted by Gasteiger charge is -2.51. The largest absolute Gasteiger partial charge is 0.394 e. The molecule has 0 aromatic rings. The van der Waals surface area contributed by atoms with Gasteiger partial charge in [0.2, 0.25) is 0 Å². The van der Waals surface area contributed by atoms with E-state index in [0.29, 0.717) is 19.3 Å². The number of fused-ring (bicyclic) bond motifs is 1. The summed E-state index contributed by atoms with van der Waals surface area (Å²) in [6.45, 7) is -1.04. The van der Waals surface area contributed by atoms with Crippen molar-refractivity contribution in [3.8, 4) is 0 Å². The molecule has 0 aromatic carbocycles. The average Bonchev–Trinajstić information content (AvgIpc) is 2.94. The fourth-order valence-corrected chi connectivity index (χ4v) is 6.94. The molecule has 3 heterocycles. The van der Waals surface area contributed by atoms with Crippen LogP contribution in [0, 0.1) is 11.8 Å². The molecule has 5 aliphatic rings. The highest BCUT2D eigenvalue weighted by Crippen LogP contribution is 2.43. The zero-order valence-electron chi connectivity index (χ0n) is 22.6. The number of aliphatic hydroxyl groups excluding tert-OH is 10. The van der Waals surface area contributed by atoms with E-state index in [1.165, 1.54) is 0 Å². The molecule has 2 saturated carbocycles. The first kappa shape index (κ1) is 31.8. The molecular formula is C26H44O15. The van der Waals surface area contributed by atoms with Crippen molar-refractivity contribution in [3.63, 3.8) is 0 Å². The van der Waals surface area contributed by atoms with Crippen LogP contribution in [0.4, 0.5) is 0 Å². The van der Waals surface area contributed by atoms with Gasteiger partial charge in [-0.2, -0.15) is 0 Å². The molecule has 18 atom stereocenters. The van der Waals surface area contributed by atoms with Crippen LogP contribution in [0.3, 0.4) is 0 Å². The minimum absolute atomic E-state index is 0.157. The number of hydrogen-bond donors (Lipinski definition) is 10. The Bertz CT molecular complexity index is 852. The Kier molecular flexibility index (Phi) is 10.2. The Balaban J connectivity index is 1.39. The zero-order chi connectivity index (χ0) is 29.6. The third kappa shape index (κ3) is 6.60. The zero-order valence-corrected chi connectivity index (χ0v) is 22.6. The van der Waals surface area contributed by atoms with E-state index in [4.69, 9.17) is 23.7 Å². The summed E-state index contributed by atoms with van der Waals surface area (Å²) >= 11 is 0. The molecule has 0 spiro atoms. The van der Waals surface area contributed by atoms with Crippen LogP contribution in [-0.4, -0.2) is 162 Å².